The number of methoxy groups -OCH3 is 1. The van der Waals surface area contributed by atoms with Crippen LogP contribution in [0.2, 0.25) is 5.15 Å². The van der Waals surface area contributed by atoms with Gasteiger partial charge in [-0.2, -0.15) is 0 Å². The second kappa shape index (κ2) is 5.46. The molecule has 1 aromatic carbocycles. The second-order valence-electron chi connectivity index (χ2n) is 4.23. The molecule has 104 valence electrons. The van der Waals surface area contributed by atoms with Crippen molar-refractivity contribution in [3.8, 4) is 17.2 Å². The van der Waals surface area contributed by atoms with E-state index in [0.717, 1.165) is 5.56 Å². The zero-order valence-corrected chi connectivity index (χ0v) is 11.6. The van der Waals surface area contributed by atoms with Crippen LogP contribution in [-0.4, -0.2) is 18.9 Å². The summed E-state index contributed by atoms with van der Waals surface area (Å²) in [5.74, 6) is 2.72. The molecular formula is C14H13ClN2O3. The van der Waals surface area contributed by atoms with Crippen molar-refractivity contribution in [3.05, 3.63) is 41.0 Å². The molecule has 20 heavy (non-hydrogen) atoms. The predicted octanol–water partition coefficient (Wildman–Crippen LogP) is 3.08. The number of benzene rings is 1. The number of anilines is 1. The van der Waals surface area contributed by atoms with E-state index in [1.165, 1.54) is 0 Å². The van der Waals surface area contributed by atoms with Crippen molar-refractivity contribution in [2.45, 2.75) is 6.54 Å². The number of hydrogen-bond donors (Lipinski definition) is 1. The van der Waals surface area contributed by atoms with Crippen molar-refractivity contribution in [2.75, 3.05) is 19.2 Å². The topological polar surface area (TPSA) is 52.6 Å². The van der Waals surface area contributed by atoms with E-state index >= 15 is 0 Å². The van der Waals surface area contributed by atoms with Gasteiger partial charge >= 0.3 is 0 Å². The lowest BCUT2D eigenvalue weighted by molar-refractivity contribution is 0.171. The maximum atomic E-state index is 5.84. The summed E-state index contributed by atoms with van der Waals surface area (Å²) in [4.78, 5) is 4.17. The molecule has 0 unspecified atom stereocenters. The molecule has 0 bridgehead atoms. The molecule has 5 nitrogen and oxygen atoms in total. The van der Waals surface area contributed by atoms with Gasteiger partial charge in [-0.05, 0) is 29.8 Å². The molecule has 1 N–H and O–H groups in total. The van der Waals surface area contributed by atoms with Crippen molar-refractivity contribution >= 4 is 17.4 Å². The molecule has 1 aliphatic rings. The molecule has 3 rings (SSSR count). The molecule has 1 aliphatic heterocycles. The molecule has 0 saturated heterocycles. The number of pyridine rings is 1. The largest absolute Gasteiger partial charge is 0.493 e. The summed E-state index contributed by atoms with van der Waals surface area (Å²) in [6.07, 6.45) is 0. The monoisotopic (exact) mass is 292 g/mol. The first-order chi connectivity index (χ1) is 9.76. The van der Waals surface area contributed by atoms with Crippen LogP contribution in [0, 0.1) is 0 Å². The Balaban J connectivity index is 1.78. The number of ether oxygens (including phenoxy) is 3. The minimum Gasteiger partial charge on any atom is -0.493 e. The molecule has 6 heteroatoms. The number of fused-ring (bicyclic) bond motifs is 1. The molecular weight excluding hydrogens is 280 g/mol. The first-order valence-corrected chi connectivity index (χ1v) is 6.47. The lowest BCUT2D eigenvalue weighted by atomic mass is 10.2. The van der Waals surface area contributed by atoms with Crippen LogP contribution in [0.5, 0.6) is 17.2 Å². The van der Waals surface area contributed by atoms with Crippen LogP contribution in [0.1, 0.15) is 5.56 Å². The van der Waals surface area contributed by atoms with Crippen molar-refractivity contribution in [2.24, 2.45) is 0 Å². The van der Waals surface area contributed by atoms with Crippen molar-refractivity contribution < 1.29 is 14.2 Å². The van der Waals surface area contributed by atoms with E-state index in [9.17, 15) is 0 Å². The Morgan fingerprint density at radius 1 is 1.35 bits per heavy atom. The third-order valence-electron chi connectivity index (χ3n) is 2.91. The van der Waals surface area contributed by atoms with Crippen molar-refractivity contribution in [3.63, 3.8) is 0 Å². The molecule has 0 saturated carbocycles. The minimum absolute atomic E-state index is 0.221. The predicted molar refractivity (Wildman–Crippen MR) is 75.7 cm³/mol. The summed E-state index contributed by atoms with van der Waals surface area (Å²) in [6, 6.07) is 9.26. The third kappa shape index (κ3) is 2.58. The van der Waals surface area contributed by atoms with Gasteiger partial charge in [0.25, 0.3) is 0 Å². The average Bonchev–Trinajstić information content (AvgIpc) is 2.92. The van der Waals surface area contributed by atoms with E-state index in [2.05, 4.69) is 10.3 Å². The van der Waals surface area contributed by atoms with Gasteiger partial charge in [0.15, 0.2) is 11.5 Å². The summed E-state index contributed by atoms with van der Waals surface area (Å²) >= 11 is 5.84. The Labute approximate surface area is 121 Å². The molecule has 0 radical (unpaired) electrons. The van der Waals surface area contributed by atoms with E-state index in [4.69, 9.17) is 25.8 Å². The normalized spacial score (nSPS) is 12.3. The van der Waals surface area contributed by atoms with Gasteiger partial charge in [0.1, 0.15) is 11.0 Å². The SMILES string of the molecule is COc1cc(CNc2cccc(Cl)n2)cc2c1OCO2. The van der Waals surface area contributed by atoms with Crippen LogP contribution in [0.4, 0.5) is 5.82 Å². The van der Waals surface area contributed by atoms with Crippen molar-refractivity contribution in [1.82, 2.24) is 4.98 Å². The van der Waals surface area contributed by atoms with Crippen LogP contribution in [-0.2, 0) is 6.54 Å². The van der Waals surface area contributed by atoms with E-state index < -0.39 is 0 Å². The lowest BCUT2D eigenvalue weighted by Crippen LogP contribution is -2.01. The highest BCUT2D eigenvalue weighted by Gasteiger charge is 2.19. The number of rotatable bonds is 4. The van der Waals surface area contributed by atoms with Gasteiger partial charge in [-0.25, -0.2) is 4.98 Å². The van der Waals surface area contributed by atoms with Crippen LogP contribution < -0.4 is 19.5 Å². The smallest absolute Gasteiger partial charge is 0.231 e. The highest BCUT2D eigenvalue weighted by Crippen LogP contribution is 2.41. The average molecular weight is 293 g/mol. The quantitative estimate of drug-likeness (QED) is 0.878. The fourth-order valence-corrected chi connectivity index (χ4v) is 2.15. The van der Waals surface area contributed by atoms with Crippen LogP contribution in [0.15, 0.2) is 30.3 Å². The molecule has 0 amide bonds. The summed E-state index contributed by atoms with van der Waals surface area (Å²) in [7, 11) is 1.60. The zero-order valence-electron chi connectivity index (χ0n) is 10.9. The molecule has 0 atom stereocenters. The molecule has 1 aromatic heterocycles. The van der Waals surface area contributed by atoms with E-state index in [1.807, 2.05) is 24.3 Å². The van der Waals surface area contributed by atoms with Gasteiger partial charge in [0.05, 0.1) is 7.11 Å². The Bertz CT molecular complexity index is 634. The van der Waals surface area contributed by atoms with Crippen LogP contribution >= 0.6 is 11.6 Å². The van der Waals surface area contributed by atoms with Gasteiger partial charge < -0.3 is 19.5 Å². The first-order valence-electron chi connectivity index (χ1n) is 6.09. The standard InChI is InChI=1S/C14H13ClN2O3/c1-18-10-5-9(6-11-14(10)20-8-19-11)7-16-13-4-2-3-12(15)17-13/h2-6H,7-8H2,1H3,(H,16,17). The highest BCUT2D eigenvalue weighted by molar-refractivity contribution is 6.29. The fourth-order valence-electron chi connectivity index (χ4n) is 1.99. The van der Waals surface area contributed by atoms with E-state index in [1.54, 1.807) is 13.2 Å². The van der Waals surface area contributed by atoms with Crippen LogP contribution in [0.3, 0.4) is 0 Å². The summed E-state index contributed by atoms with van der Waals surface area (Å²) in [5.41, 5.74) is 1.01. The summed E-state index contributed by atoms with van der Waals surface area (Å²) in [6.45, 7) is 0.804. The number of nitrogens with zero attached hydrogens (tertiary/aromatic N) is 1. The van der Waals surface area contributed by atoms with E-state index in [0.29, 0.717) is 34.8 Å². The molecule has 0 fully saturated rings. The molecule has 0 spiro atoms. The molecule has 2 heterocycles. The number of hydrogen-bond acceptors (Lipinski definition) is 5. The number of halogens is 1. The Morgan fingerprint density at radius 3 is 3.05 bits per heavy atom. The second-order valence-corrected chi connectivity index (χ2v) is 4.62. The zero-order chi connectivity index (χ0) is 13.9. The van der Waals surface area contributed by atoms with Crippen LogP contribution in [0.25, 0.3) is 0 Å². The van der Waals surface area contributed by atoms with Crippen molar-refractivity contribution in [1.29, 1.82) is 0 Å². The molecule has 0 aliphatic carbocycles. The third-order valence-corrected chi connectivity index (χ3v) is 3.12. The Morgan fingerprint density at radius 2 is 2.25 bits per heavy atom. The Kier molecular flexibility index (Phi) is 3.52. The number of aromatic nitrogens is 1. The van der Waals surface area contributed by atoms with E-state index in [-0.39, 0.29) is 6.79 Å². The van der Waals surface area contributed by atoms with Gasteiger partial charge in [-0.3, -0.25) is 0 Å². The van der Waals surface area contributed by atoms with Gasteiger partial charge in [-0.15, -0.1) is 0 Å². The lowest BCUT2D eigenvalue weighted by Gasteiger charge is -2.09. The minimum atomic E-state index is 0.221. The summed E-state index contributed by atoms with van der Waals surface area (Å²) < 4.78 is 16.0. The van der Waals surface area contributed by atoms with Gasteiger partial charge in [0, 0.05) is 6.54 Å². The maximum absolute atomic E-state index is 5.84. The summed E-state index contributed by atoms with van der Waals surface area (Å²) in [5, 5.41) is 3.65. The number of nitrogens with one attached hydrogen (secondary N) is 1. The van der Waals surface area contributed by atoms with Gasteiger partial charge in [0.2, 0.25) is 12.5 Å². The fraction of sp³-hybridized carbons (Fsp3) is 0.214. The highest BCUT2D eigenvalue weighted by atomic mass is 35.5. The Hall–Kier alpha value is -2.14. The maximum Gasteiger partial charge on any atom is 0.231 e. The first kappa shape index (κ1) is 12.9. The molecule has 2 aromatic rings. The van der Waals surface area contributed by atoms with Gasteiger partial charge in [-0.1, -0.05) is 17.7 Å².